The van der Waals surface area contributed by atoms with Gasteiger partial charge in [-0.1, -0.05) is 150 Å². The molecule has 5 aromatic carbocycles. The Bertz CT molecular complexity index is 3060. The summed E-state index contributed by atoms with van der Waals surface area (Å²) in [5.74, 6) is -0.880. The van der Waals surface area contributed by atoms with Crippen LogP contribution in [0.5, 0.6) is 0 Å². The molecule has 1 saturated carbocycles. The number of hydrogen-bond donors (Lipinski definition) is 0. The Balaban J connectivity index is 0.979. The molecule has 4 heterocycles. The van der Waals surface area contributed by atoms with E-state index < -0.39 is 11.9 Å². The summed E-state index contributed by atoms with van der Waals surface area (Å²) < 4.78 is 37.2. The average molecular weight is 842 g/mol. The molecule has 0 unspecified atom stereocenters. The number of fused-ring (bicyclic) bond motifs is 3. The van der Waals surface area contributed by atoms with Gasteiger partial charge in [0.2, 0.25) is 0 Å². The molecule has 5 heteroatoms. The topological polar surface area (TPSA) is 51.8 Å². The van der Waals surface area contributed by atoms with Gasteiger partial charge >= 0.3 is 0 Å². The maximum atomic E-state index is 14.6. The molecule has 0 aliphatic heterocycles. The van der Waals surface area contributed by atoms with Gasteiger partial charge in [0.05, 0.1) is 19.8 Å². The lowest BCUT2D eigenvalue weighted by atomic mass is 9.73. The highest BCUT2D eigenvalue weighted by Gasteiger charge is 2.37. The molecule has 0 saturated heterocycles. The first kappa shape index (κ1) is 38.9. The Morgan fingerprint density at radius 3 is 1.70 bits per heavy atom. The summed E-state index contributed by atoms with van der Waals surface area (Å²) in [5.41, 5.74) is 13.6. The first-order valence-corrected chi connectivity index (χ1v) is 22.6. The maximum absolute atomic E-state index is 14.6. The zero-order valence-electron chi connectivity index (χ0n) is 39.1. The van der Waals surface area contributed by atoms with Crippen molar-refractivity contribution in [2.24, 2.45) is 0 Å². The lowest BCUT2D eigenvalue weighted by molar-refractivity contribution is 0.435. The fraction of sp³-hybridized carbons (Fsp3) is 0.237. The standard InChI is InChI=1S/C59H54FN3O/c1-57(2,45-20-25-52(61-37-45)43-14-7-5-8-15-43)34-40-30-41(35-58(3,4)46-21-26-53(62-38-46)44-16-9-6-10-17-44)32-42(31-40)36-59(28-11-12-29-59)47-22-27-54(63-39-47)51-19-13-18-50-49-24-23-48(60)33-55(49)64-56(50)51/h5-10,13-27,30-33,37-39H,11-12,28-29,34-36H2,1-4H3/i23D,33D. The van der Waals surface area contributed by atoms with Crippen molar-refractivity contribution in [3.8, 4) is 33.8 Å². The van der Waals surface area contributed by atoms with Gasteiger partial charge in [0.1, 0.15) is 17.0 Å². The smallest absolute Gasteiger partial charge is 0.144 e. The molecule has 0 radical (unpaired) electrons. The molecular formula is C59H54FN3O. The highest BCUT2D eigenvalue weighted by Crippen LogP contribution is 2.45. The number of nitrogens with zero attached hydrogens (tertiary/aromatic N) is 3. The summed E-state index contributed by atoms with van der Waals surface area (Å²) in [4.78, 5) is 14.9. The molecule has 0 amide bonds. The lowest BCUT2D eigenvalue weighted by Gasteiger charge is -2.32. The predicted octanol–water partition coefficient (Wildman–Crippen LogP) is 15.0. The first-order chi connectivity index (χ1) is 31.9. The Morgan fingerprint density at radius 2 is 1.16 bits per heavy atom. The molecular weight excluding hydrogens is 786 g/mol. The molecule has 1 fully saturated rings. The van der Waals surface area contributed by atoms with Crippen molar-refractivity contribution in [2.45, 2.75) is 88.9 Å². The average Bonchev–Trinajstić information content (AvgIpc) is 3.97. The molecule has 4 aromatic heterocycles. The predicted molar refractivity (Wildman–Crippen MR) is 260 cm³/mol. The van der Waals surface area contributed by atoms with Crippen LogP contribution < -0.4 is 0 Å². The van der Waals surface area contributed by atoms with Gasteiger partial charge in [0.25, 0.3) is 0 Å². The second-order valence-electron chi connectivity index (χ2n) is 19.2. The van der Waals surface area contributed by atoms with Gasteiger partial charge < -0.3 is 4.42 Å². The first-order valence-electron chi connectivity index (χ1n) is 23.6. The van der Waals surface area contributed by atoms with E-state index in [1.807, 2.05) is 30.3 Å². The summed E-state index contributed by atoms with van der Waals surface area (Å²) >= 11 is 0. The van der Waals surface area contributed by atoms with Gasteiger partial charge in [-0.3, -0.25) is 15.0 Å². The molecule has 9 aromatic rings. The molecule has 4 nitrogen and oxygen atoms in total. The van der Waals surface area contributed by atoms with Crippen LogP contribution in [0, 0.1) is 5.82 Å². The lowest BCUT2D eigenvalue weighted by Crippen LogP contribution is -2.26. The van der Waals surface area contributed by atoms with Crippen LogP contribution in [-0.4, -0.2) is 15.0 Å². The van der Waals surface area contributed by atoms with Crippen LogP contribution in [0.1, 0.15) is 89.5 Å². The van der Waals surface area contributed by atoms with Gasteiger partial charge in [-0.2, -0.15) is 0 Å². The van der Waals surface area contributed by atoms with Crippen LogP contribution in [-0.2, 0) is 35.5 Å². The Labute approximate surface area is 379 Å². The summed E-state index contributed by atoms with van der Waals surface area (Å²) in [7, 11) is 0. The second kappa shape index (κ2) is 16.8. The van der Waals surface area contributed by atoms with Gasteiger partial charge in [0, 0.05) is 57.5 Å². The number of rotatable bonds is 12. The molecule has 0 bridgehead atoms. The molecule has 318 valence electrons. The molecule has 0 N–H and O–H groups in total. The van der Waals surface area contributed by atoms with Gasteiger partial charge in [-0.25, -0.2) is 4.39 Å². The normalized spacial score (nSPS) is 14.5. The molecule has 64 heavy (non-hydrogen) atoms. The van der Waals surface area contributed by atoms with E-state index in [9.17, 15) is 4.39 Å². The van der Waals surface area contributed by atoms with E-state index in [1.165, 1.54) is 39.4 Å². The van der Waals surface area contributed by atoms with Crippen molar-refractivity contribution in [3.05, 3.63) is 209 Å². The molecule has 0 atom stereocenters. The minimum Gasteiger partial charge on any atom is -0.455 e. The van der Waals surface area contributed by atoms with Crippen LogP contribution in [0.3, 0.4) is 0 Å². The molecule has 10 rings (SSSR count). The fourth-order valence-corrected chi connectivity index (χ4v) is 10.2. The Kier molecular flexibility index (Phi) is 10.2. The summed E-state index contributed by atoms with van der Waals surface area (Å²) in [6.45, 7) is 9.32. The number of pyridine rings is 3. The summed E-state index contributed by atoms with van der Waals surface area (Å²) in [5, 5.41) is 1.30. The third-order valence-electron chi connectivity index (χ3n) is 13.7. The van der Waals surface area contributed by atoms with Crippen molar-refractivity contribution in [2.75, 3.05) is 0 Å². The number of hydrogen-bond acceptors (Lipinski definition) is 4. The van der Waals surface area contributed by atoms with E-state index in [0.29, 0.717) is 11.0 Å². The quantitative estimate of drug-likeness (QED) is 0.123. The maximum Gasteiger partial charge on any atom is 0.144 e. The number of halogens is 1. The molecule has 1 aliphatic carbocycles. The van der Waals surface area contributed by atoms with Crippen LogP contribution in [0.4, 0.5) is 4.39 Å². The van der Waals surface area contributed by atoms with Crippen molar-refractivity contribution in [3.63, 3.8) is 0 Å². The van der Waals surface area contributed by atoms with E-state index in [4.69, 9.17) is 22.1 Å². The van der Waals surface area contributed by atoms with E-state index >= 15 is 0 Å². The van der Waals surface area contributed by atoms with E-state index in [-0.39, 0.29) is 27.9 Å². The Morgan fingerprint density at radius 1 is 0.594 bits per heavy atom. The van der Waals surface area contributed by atoms with Crippen LogP contribution in [0.2, 0.25) is 0 Å². The third-order valence-corrected chi connectivity index (χ3v) is 13.7. The highest BCUT2D eigenvalue weighted by molar-refractivity contribution is 6.09. The van der Waals surface area contributed by atoms with Gasteiger partial charge in [-0.15, -0.1) is 0 Å². The van der Waals surface area contributed by atoms with Crippen molar-refractivity contribution in [1.29, 1.82) is 0 Å². The van der Waals surface area contributed by atoms with Crippen molar-refractivity contribution < 1.29 is 11.5 Å². The number of furan rings is 1. The summed E-state index contributed by atoms with van der Waals surface area (Å²) in [6.07, 6.45) is 13.3. The number of benzene rings is 5. The van der Waals surface area contributed by atoms with E-state index in [0.717, 1.165) is 84.1 Å². The number of aromatic nitrogens is 3. The zero-order chi connectivity index (χ0) is 45.6. The minimum atomic E-state index is -0.880. The van der Waals surface area contributed by atoms with Gasteiger partial charge in [-0.05, 0) is 113 Å². The largest absolute Gasteiger partial charge is 0.455 e. The van der Waals surface area contributed by atoms with Crippen LogP contribution in [0.25, 0.3) is 55.7 Å². The van der Waals surface area contributed by atoms with E-state index in [2.05, 4.69) is 149 Å². The third kappa shape index (κ3) is 8.28. The monoisotopic (exact) mass is 841 g/mol. The molecule has 0 spiro atoms. The van der Waals surface area contributed by atoms with Crippen LogP contribution in [0.15, 0.2) is 175 Å². The minimum absolute atomic E-state index is 0.0750. The number of para-hydroxylation sites is 1. The van der Waals surface area contributed by atoms with Crippen molar-refractivity contribution >= 4 is 21.9 Å². The van der Waals surface area contributed by atoms with Crippen molar-refractivity contribution in [1.82, 2.24) is 15.0 Å². The highest BCUT2D eigenvalue weighted by atomic mass is 19.1. The zero-order valence-corrected chi connectivity index (χ0v) is 37.1. The van der Waals surface area contributed by atoms with Gasteiger partial charge in [0.15, 0.2) is 0 Å². The van der Waals surface area contributed by atoms with Crippen LogP contribution >= 0.6 is 0 Å². The Hall–Kier alpha value is -6.72. The summed E-state index contributed by atoms with van der Waals surface area (Å²) in [6, 6.07) is 47.7. The molecule has 1 aliphatic rings. The van der Waals surface area contributed by atoms with E-state index in [1.54, 1.807) is 0 Å². The second-order valence-corrected chi connectivity index (χ2v) is 19.2. The SMILES string of the molecule is [2H]c1cc2c(oc3c(-c4ccc(C5(Cc6cc(CC(C)(C)c7ccc(-c8ccccc8)nc7)cc(CC(C)(C)c7ccc(-c8ccccc8)nc7)c6)CCCC5)cn4)cccc32)c([2H])c1F. The fourth-order valence-electron chi connectivity index (χ4n) is 10.2.